The van der Waals surface area contributed by atoms with E-state index in [4.69, 9.17) is 9.16 Å². The van der Waals surface area contributed by atoms with Crippen molar-refractivity contribution in [3.8, 4) is 10.7 Å². The van der Waals surface area contributed by atoms with E-state index in [0.717, 1.165) is 28.7 Å². The highest BCUT2D eigenvalue weighted by Gasteiger charge is 2.37. The lowest BCUT2D eigenvalue weighted by atomic mass is 9.86. The SMILES string of the molecule is CCCCCCCCCOC(c1nnc(-c2ccccn2)s1)C(O[SiH](C)C)C(C)(C)C. The summed E-state index contributed by atoms with van der Waals surface area (Å²) < 4.78 is 13.0. The molecule has 0 aliphatic heterocycles. The fourth-order valence-corrected chi connectivity index (χ4v) is 5.55. The first-order valence-electron chi connectivity index (χ1n) is 11.8. The van der Waals surface area contributed by atoms with Crippen molar-refractivity contribution in [3.63, 3.8) is 0 Å². The molecule has 0 bridgehead atoms. The first kappa shape index (κ1) is 26.1. The van der Waals surface area contributed by atoms with E-state index in [9.17, 15) is 0 Å². The Hall–Kier alpha value is -1.15. The number of aromatic nitrogens is 3. The van der Waals surface area contributed by atoms with Gasteiger partial charge in [-0.3, -0.25) is 4.98 Å². The highest BCUT2D eigenvalue weighted by atomic mass is 32.1. The molecule has 31 heavy (non-hydrogen) atoms. The van der Waals surface area contributed by atoms with Gasteiger partial charge in [0, 0.05) is 12.8 Å². The van der Waals surface area contributed by atoms with E-state index in [0.29, 0.717) is 0 Å². The van der Waals surface area contributed by atoms with Crippen LogP contribution in [0.15, 0.2) is 24.4 Å². The summed E-state index contributed by atoms with van der Waals surface area (Å²) in [4.78, 5) is 4.42. The van der Waals surface area contributed by atoms with Gasteiger partial charge in [-0.15, -0.1) is 10.2 Å². The van der Waals surface area contributed by atoms with Gasteiger partial charge in [0.1, 0.15) is 16.8 Å². The molecule has 0 radical (unpaired) electrons. The molecule has 0 aliphatic carbocycles. The summed E-state index contributed by atoms with van der Waals surface area (Å²) in [6.07, 6.45) is 10.4. The van der Waals surface area contributed by atoms with Gasteiger partial charge in [-0.2, -0.15) is 0 Å². The Morgan fingerprint density at radius 2 is 1.71 bits per heavy atom. The molecular formula is C24H41N3O2SSi. The van der Waals surface area contributed by atoms with Crippen molar-refractivity contribution in [2.45, 2.75) is 97.9 Å². The van der Waals surface area contributed by atoms with Gasteiger partial charge in [-0.05, 0) is 37.1 Å². The summed E-state index contributed by atoms with van der Waals surface area (Å²) in [7, 11) is -1.26. The van der Waals surface area contributed by atoms with Gasteiger partial charge < -0.3 is 9.16 Å². The molecule has 7 heteroatoms. The maximum atomic E-state index is 6.51. The topological polar surface area (TPSA) is 57.1 Å². The Kier molecular flexibility index (Phi) is 11.3. The number of hydrogen-bond donors (Lipinski definition) is 0. The molecule has 0 spiro atoms. The van der Waals surface area contributed by atoms with E-state index in [1.165, 1.54) is 38.5 Å². The van der Waals surface area contributed by atoms with Gasteiger partial charge >= 0.3 is 0 Å². The van der Waals surface area contributed by atoms with Gasteiger partial charge in [-0.25, -0.2) is 0 Å². The molecule has 2 atom stereocenters. The molecule has 174 valence electrons. The van der Waals surface area contributed by atoms with Gasteiger partial charge in [0.15, 0.2) is 14.0 Å². The summed E-state index contributed by atoms with van der Waals surface area (Å²) in [5.74, 6) is 0. The predicted molar refractivity (Wildman–Crippen MR) is 133 cm³/mol. The van der Waals surface area contributed by atoms with Crippen LogP contribution in [0.5, 0.6) is 0 Å². The molecule has 0 fully saturated rings. The largest absolute Gasteiger partial charge is 0.414 e. The molecule has 2 unspecified atom stereocenters. The maximum absolute atomic E-state index is 6.51. The fourth-order valence-electron chi connectivity index (χ4n) is 3.52. The molecular weight excluding hydrogens is 422 g/mol. The zero-order chi connectivity index (χ0) is 22.7. The zero-order valence-corrected chi connectivity index (χ0v) is 22.2. The molecule has 2 rings (SSSR count). The third-order valence-corrected chi connectivity index (χ3v) is 7.01. The van der Waals surface area contributed by atoms with E-state index in [1.54, 1.807) is 17.5 Å². The normalized spacial score (nSPS) is 14.2. The van der Waals surface area contributed by atoms with Crippen molar-refractivity contribution in [2.24, 2.45) is 5.41 Å². The van der Waals surface area contributed by atoms with Gasteiger partial charge in [0.2, 0.25) is 0 Å². The second-order valence-corrected chi connectivity index (χ2v) is 12.9. The van der Waals surface area contributed by atoms with Crippen LogP contribution in [-0.4, -0.2) is 36.9 Å². The van der Waals surface area contributed by atoms with Crippen LogP contribution >= 0.6 is 11.3 Å². The molecule has 0 N–H and O–H groups in total. The number of unbranched alkanes of at least 4 members (excludes halogenated alkanes) is 6. The fraction of sp³-hybridized carbons (Fsp3) is 0.708. The van der Waals surface area contributed by atoms with E-state index >= 15 is 0 Å². The monoisotopic (exact) mass is 463 g/mol. The molecule has 5 nitrogen and oxygen atoms in total. The molecule has 0 aromatic carbocycles. The average Bonchev–Trinajstić information content (AvgIpc) is 3.21. The van der Waals surface area contributed by atoms with Gasteiger partial charge in [-0.1, -0.05) is 83.6 Å². The number of ether oxygens (including phenoxy) is 1. The smallest absolute Gasteiger partial charge is 0.171 e. The van der Waals surface area contributed by atoms with Crippen molar-refractivity contribution in [3.05, 3.63) is 29.4 Å². The van der Waals surface area contributed by atoms with Crippen LogP contribution < -0.4 is 0 Å². The molecule has 2 heterocycles. The van der Waals surface area contributed by atoms with Crippen molar-refractivity contribution < 1.29 is 9.16 Å². The highest BCUT2D eigenvalue weighted by Crippen LogP contribution is 2.38. The second-order valence-electron chi connectivity index (χ2n) is 9.54. The second kappa shape index (κ2) is 13.4. The number of hydrogen-bond acceptors (Lipinski definition) is 6. The molecule has 0 saturated carbocycles. The molecule has 2 aromatic heterocycles. The Morgan fingerprint density at radius 3 is 2.32 bits per heavy atom. The third-order valence-electron chi connectivity index (χ3n) is 5.16. The third kappa shape index (κ3) is 9.08. The molecule has 0 aliphatic rings. The van der Waals surface area contributed by atoms with E-state index < -0.39 is 9.04 Å². The van der Waals surface area contributed by atoms with Crippen LogP contribution in [0, 0.1) is 5.41 Å². The number of pyridine rings is 1. The van der Waals surface area contributed by atoms with Gasteiger partial charge in [0.05, 0.1) is 6.10 Å². The van der Waals surface area contributed by atoms with Crippen LogP contribution in [0.25, 0.3) is 10.7 Å². The lowest BCUT2D eigenvalue weighted by Crippen LogP contribution is -2.39. The Bertz CT molecular complexity index is 734. The van der Waals surface area contributed by atoms with Crippen molar-refractivity contribution in [2.75, 3.05) is 6.61 Å². The summed E-state index contributed by atoms with van der Waals surface area (Å²) >= 11 is 1.57. The minimum Gasteiger partial charge on any atom is -0.414 e. The van der Waals surface area contributed by atoms with Crippen LogP contribution in [0.2, 0.25) is 13.1 Å². The standard InChI is InChI=1S/C24H41N3O2SSi/c1-7-8-9-10-11-12-15-18-28-20(21(24(2,3)4)29-31(5)6)23-27-26-22(30-23)19-16-13-14-17-25-19/h13-14,16-17,20-21,31H,7-12,15,18H2,1-6H3. The summed E-state index contributed by atoms with van der Waals surface area (Å²) in [5, 5.41) is 10.7. The summed E-state index contributed by atoms with van der Waals surface area (Å²) in [6, 6.07) is 5.86. The van der Waals surface area contributed by atoms with E-state index in [2.05, 4.69) is 56.0 Å². The predicted octanol–water partition coefficient (Wildman–Crippen LogP) is 6.82. The maximum Gasteiger partial charge on any atom is 0.171 e. The summed E-state index contributed by atoms with van der Waals surface area (Å²) in [5.41, 5.74) is 0.794. The van der Waals surface area contributed by atoms with Crippen LogP contribution in [-0.2, 0) is 9.16 Å². The molecule has 2 aromatic rings. The molecule has 0 saturated heterocycles. The Balaban J connectivity index is 2.10. The van der Waals surface area contributed by atoms with E-state index in [-0.39, 0.29) is 17.6 Å². The van der Waals surface area contributed by atoms with Gasteiger partial charge in [0.25, 0.3) is 0 Å². The zero-order valence-electron chi connectivity index (χ0n) is 20.3. The van der Waals surface area contributed by atoms with Crippen molar-refractivity contribution in [1.29, 1.82) is 0 Å². The van der Waals surface area contributed by atoms with Crippen LogP contribution in [0.1, 0.15) is 83.8 Å². The summed E-state index contributed by atoms with van der Waals surface area (Å²) in [6.45, 7) is 14.1. The molecule has 0 amide bonds. The van der Waals surface area contributed by atoms with E-state index in [1.807, 2.05) is 18.2 Å². The highest BCUT2D eigenvalue weighted by molar-refractivity contribution is 7.14. The van der Waals surface area contributed by atoms with Crippen molar-refractivity contribution in [1.82, 2.24) is 15.2 Å². The minimum absolute atomic E-state index is 0.0479. The number of nitrogens with zero attached hydrogens (tertiary/aromatic N) is 3. The van der Waals surface area contributed by atoms with Crippen LogP contribution in [0.4, 0.5) is 0 Å². The van der Waals surface area contributed by atoms with Crippen molar-refractivity contribution >= 4 is 20.4 Å². The Labute approximate surface area is 194 Å². The number of rotatable bonds is 14. The quantitative estimate of drug-likeness (QED) is 0.227. The average molecular weight is 464 g/mol. The van der Waals surface area contributed by atoms with Crippen LogP contribution in [0.3, 0.4) is 0 Å². The first-order valence-corrected chi connectivity index (χ1v) is 15.4. The first-order chi connectivity index (χ1) is 14.8. The lowest BCUT2D eigenvalue weighted by Gasteiger charge is -2.37. The lowest BCUT2D eigenvalue weighted by molar-refractivity contribution is -0.0735. The Morgan fingerprint density at radius 1 is 1.00 bits per heavy atom. The minimum atomic E-state index is -1.26.